The number of fused-ring (bicyclic) bond motifs is 2. The average molecular weight is 424 g/mol. The molecule has 1 N–H and O–H groups in total. The maximum absolute atomic E-state index is 13.7. The largest absolute Gasteiger partial charge is 0.486 e. The molecule has 1 amide bonds. The molecule has 0 bridgehead atoms. The number of thiazole rings is 1. The van der Waals surface area contributed by atoms with Gasteiger partial charge in [-0.2, -0.15) is 0 Å². The van der Waals surface area contributed by atoms with Gasteiger partial charge in [-0.15, -0.1) is 0 Å². The number of aromatic nitrogens is 1. The highest BCUT2D eigenvalue weighted by Crippen LogP contribution is 2.31. The van der Waals surface area contributed by atoms with Crippen LogP contribution in [0.15, 0.2) is 24.3 Å². The van der Waals surface area contributed by atoms with Gasteiger partial charge in [-0.25, -0.2) is 22.9 Å². The summed E-state index contributed by atoms with van der Waals surface area (Å²) < 4.78 is 55.9. The minimum atomic E-state index is -1.64. The summed E-state index contributed by atoms with van der Waals surface area (Å²) in [5.41, 5.74) is -0.243. The molecule has 1 aliphatic rings. The van der Waals surface area contributed by atoms with E-state index < -0.39 is 41.5 Å². The fourth-order valence-corrected chi connectivity index (χ4v) is 3.47. The highest BCUT2D eigenvalue weighted by atomic mass is 32.1. The lowest BCUT2D eigenvalue weighted by molar-refractivity contribution is -0.119. The molecule has 2 aromatic carbocycles. The Balaban J connectivity index is 1.39. The quantitative estimate of drug-likeness (QED) is 0.511. The minimum absolute atomic E-state index is 0.0185. The van der Waals surface area contributed by atoms with E-state index in [4.69, 9.17) is 14.2 Å². The first-order valence-corrected chi connectivity index (χ1v) is 9.04. The molecule has 0 aliphatic carbocycles. The van der Waals surface area contributed by atoms with Crippen molar-refractivity contribution in [2.75, 3.05) is 25.1 Å². The third-order valence-electron chi connectivity index (χ3n) is 3.88. The van der Waals surface area contributed by atoms with Gasteiger partial charge in [0.15, 0.2) is 40.7 Å². The van der Waals surface area contributed by atoms with E-state index >= 15 is 0 Å². The Kier molecular flexibility index (Phi) is 4.97. The summed E-state index contributed by atoms with van der Waals surface area (Å²) in [6.07, 6.45) is 0. The first kappa shape index (κ1) is 19.0. The lowest BCUT2D eigenvalue weighted by atomic mass is 10.2. The second kappa shape index (κ2) is 7.59. The molecule has 0 spiro atoms. The van der Waals surface area contributed by atoms with E-state index in [0.29, 0.717) is 24.7 Å². The van der Waals surface area contributed by atoms with Gasteiger partial charge in [0.2, 0.25) is 0 Å². The smallest absolute Gasteiger partial charge is 0.338 e. The van der Waals surface area contributed by atoms with E-state index in [1.165, 1.54) is 12.1 Å². The number of amides is 1. The Hall–Kier alpha value is -3.34. The zero-order valence-corrected chi connectivity index (χ0v) is 15.3. The summed E-state index contributed by atoms with van der Waals surface area (Å²) in [7, 11) is 0. The second-order valence-corrected chi connectivity index (χ2v) is 6.87. The van der Waals surface area contributed by atoms with Gasteiger partial charge in [-0.1, -0.05) is 11.3 Å². The number of carbonyl (C=O) groups excluding carboxylic acids is 2. The molecule has 150 valence electrons. The van der Waals surface area contributed by atoms with Crippen LogP contribution in [0.3, 0.4) is 0 Å². The highest BCUT2D eigenvalue weighted by Gasteiger charge is 2.20. The maximum Gasteiger partial charge on any atom is 0.338 e. The van der Waals surface area contributed by atoms with Crippen molar-refractivity contribution in [3.8, 4) is 11.5 Å². The molecule has 0 saturated heterocycles. The number of nitrogens with zero attached hydrogens (tertiary/aromatic N) is 1. The van der Waals surface area contributed by atoms with E-state index in [1.54, 1.807) is 6.07 Å². The molecule has 1 aromatic heterocycles. The number of halogens is 3. The van der Waals surface area contributed by atoms with Crippen LogP contribution < -0.4 is 14.8 Å². The van der Waals surface area contributed by atoms with Crippen molar-refractivity contribution in [2.45, 2.75) is 0 Å². The zero-order valence-electron chi connectivity index (χ0n) is 14.5. The van der Waals surface area contributed by atoms with Crippen molar-refractivity contribution < 1.29 is 37.0 Å². The van der Waals surface area contributed by atoms with E-state index in [2.05, 4.69) is 10.3 Å². The summed E-state index contributed by atoms with van der Waals surface area (Å²) >= 11 is 0.748. The number of hydrogen-bond acceptors (Lipinski definition) is 7. The van der Waals surface area contributed by atoms with E-state index in [-0.39, 0.29) is 15.4 Å². The molecule has 0 atom stereocenters. The van der Waals surface area contributed by atoms with Crippen LogP contribution in [0.4, 0.5) is 18.3 Å². The SMILES string of the molecule is O=C(COC(=O)c1ccc2c(c1)OCCO2)Nc1nc2c(F)c(F)c(F)cc2s1. The standard InChI is InChI=1S/C18H11F3N2O5S/c19-9-6-12-16(15(21)14(9)20)23-18(29-12)22-13(24)7-28-17(25)8-1-2-10-11(5-8)27-4-3-26-10/h1-2,5-6H,3-4,7H2,(H,22,23,24). The summed E-state index contributed by atoms with van der Waals surface area (Å²) in [4.78, 5) is 27.8. The number of benzene rings is 2. The molecule has 0 saturated carbocycles. The van der Waals surface area contributed by atoms with Crippen LogP contribution in [-0.2, 0) is 9.53 Å². The van der Waals surface area contributed by atoms with Gasteiger partial charge in [0.1, 0.15) is 18.7 Å². The Morgan fingerprint density at radius 1 is 1.10 bits per heavy atom. The zero-order chi connectivity index (χ0) is 20.5. The molecule has 1 aliphatic heterocycles. The van der Waals surface area contributed by atoms with E-state index in [1.807, 2.05) is 0 Å². The Labute approximate surface area is 165 Å². The molecule has 11 heteroatoms. The van der Waals surface area contributed by atoms with Crippen molar-refractivity contribution in [3.63, 3.8) is 0 Å². The number of rotatable bonds is 4. The number of ether oxygens (including phenoxy) is 3. The molecular formula is C18H11F3N2O5S. The number of esters is 1. The van der Waals surface area contributed by atoms with Gasteiger partial charge in [-0.05, 0) is 24.3 Å². The van der Waals surface area contributed by atoms with Gasteiger partial charge in [-0.3, -0.25) is 10.1 Å². The molecule has 3 aromatic rings. The van der Waals surface area contributed by atoms with Gasteiger partial charge < -0.3 is 14.2 Å². The first-order valence-electron chi connectivity index (χ1n) is 8.23. The molecule has 4 rings (SSSR count). The fraction of sp³-hybridized carbons (Fsp3) is 0.167. The lowest BCUT2D eigenvalue weighted by Gasteiger charge is -2.18. The second-order valence-electron chi connectivity index (χ2n) is 5.83. The molecule has 2 heterocycles. The Bertz CT molecular complexity index is 1130. The lowest BCUT2D eigenvalue weighted by Crippen LogP contribution is -2.21. The third-order valence-corrected chi connectivity index (χ3v) is 4.80. The molecule has 0 unspecified atom stereocenters. The molecule has 0 fully saturated rings. The predicted octanol–water partition coefficient (Wildman–Crippen LogP) is 3.28. The summed E-state index contributed by atoms with van der Waals surface area (Å²) in [6, 6.07) is 5.24. The Morgan fingerprint density at radius 3 is 2.66 bits per heavy atom. The fourth-order valence-electron chi connectivity index (χ4n) is 2.57. The van der Waals surface area contributed by atoms with Crippen molar-refractivity contribution >= 4 is 38.6 Å². The molecular weight excluding hydrogens is 413 g/mol. The monoisotopic (exact) mass is 424 g/mol. The number of carbonyl (C=O) groups is 2. The average Bonchev–Trinajstić information content (AvgIpc) is 3.12. The number of nitrogens with one attached hydrogen (secondary N) is 1. The number of hydrogen-bond donors (Lipinski definition) is 1. The van der Waals surface area contributed by atoms with E-state index in [0.717, 1.165) is 17.4 Å². The molecule has 7 nitrogen and oxygen atoms in total. The van der Waals surface area contributed by atoms with Crippen molar-refractivity contribution in [2.24, 2.45) is 0 Å². The van der Waals surface area contributed by atoms with E-state index in [9.17, 15) is 22.8 Å². The summed E-state index contributed by atoms with van der Waals surface area (Å²) in [6.45, 7) is 0.116. The number of anilines is 1. The van der Waals surface area contributed by atoms with Crippen LogP contribution >= 0.6 is 11.3 Å². The summed E-state index contributed by atoms with van der Waals surface area (Å²) in [5.74, 6) is -5.07. The topological polar surface area (TPSA) is 86.8 Å². The van der Waals surface area contributed by atoms with Crippen molar-refractivity contribution in [1.82, 2.24) is 4.98 Å². The molecule has 29 heavy (non-hydrogen) atoms. The van der Waals surface area contributed by atoms with Crippen molar-refractivity contribution in [1.29, 1.82) is 0 Å². The van der Waals surface area contributed by atoms with Gasteiger partial charge >= 0.3 is 5.97 Å². The highest BCUT2D eigenvalue weighted by molar-refractivity contribution is 7.22. The van der Waals surface area contributed by atoms with Gasteiger partial charge in [0.25, 0.3) is 5.91 Å². The Morgan fingerprint density at radius 2 is 1.86 bits per heavy atom. The third kappa shape index (κ3) is 3.81. The van der Waals surface area contributed by atoms with Gasteiger partial charge in [0, 0.05) is 0 Å². The van der Waals surface area contributed by atoms with Crippen molar-refractivity contribution in [3.05, 3.63) is 47.3 Å². The van der Waals surface area contributed by atoms with Crippen LogP contribution in [-0.4, -0.2) is 36.7 Å². The van der Waals surface area contributed by atoms with Crippen LogP contribution in [0.1, 0.15) is 10.4 Å². The predicted molar refractivity (Wildman–Crippen MR) is 95.8 cm³/mol. The first-order chi connectivity index (χ1) is 13.9. The normalized spacial score (nSPS) is 12.7. The van der Waals surface area contributed by atoms with Crippen LogP contribution in [0.5, 0.6) is 11.5 Å². The van der Waals surface area contributed by atoms with Crippen LogP contribution in [0, 0.1) is 17.5 Å². The van der Waals surface area contributed by atoms with Gasteiger partial charge in [0.05, 0.1) is 10.3 Å². The summed E-state index contributed by atoms with van der Waals surface area (Å²) in [5, 5.41) is 2.20. The molecule has 0 radical (unpaired) electrons. The minimum Gasteiger partial charge on any atom is -0.486 e. The maximum atomic E-state index is 13.7. The van der Waals surface area contributed by atoms with Crippen LogP contribution in [0.25, 0.3) is 10.2 Å². The van der Waals surface area contributed by atoms with Crippen LogP contribution in [0.2, 0.25) is 0 Å².